The van der Waals surface area contributed by atoms with Crippen molar-refractivity contribution >= 4 is 35.2 Å². The van der Waals surface area contributed by atoms with E-state index < -0.39 is 11.7 Å². The SMILES string of the molecule is C=C(c1cccc(C(F)(F)F)c1)N1NC(=Nc2ccc(NC(C)=O)cc2)N=CC1=C(C)C. The number of amides is 1. The molecule has 6 nitrogen and oxygen atoms in total. The van der Waals surface area contributed by atoms with E-state index in [1.807, 2.05) is 13.8 Å². The minimum absolute atomic E-state index is 0.180. The van der Waals surface area contributed by atoms with Gasteiger partial charge in [-0.05, 0) is 55.8 Å². The Hall–Kier alpha value is -3.88. The molecule has 2 N–H and O–H groups in total. The molecule has 0 bridgehead atoms. The molecule has 0 spiro atoms. The maximum Gasteiger partial charge on any atom is 0.416 e. The summed E-state index contributed by atoms with van der Waals surface area (Å²) in [5, 5.41) is 4.23. The van der Waals surface area contributed by atoms with Gasteiger partial charge < -0.3 is 5.32 Å². The van der Waals surface area contributed by atoms with Crippen LogP contribution in [0.2, 0.25) is 0 Å². The molecule has 0 saturated heterocycles. The minimum Gasteiger partial charge on any atom is -0.326 e. The molecule has 0 atom stereocenters. The van der Waals surface area contributed by atoms with Crippen molar-refractivity contribution in [1.29, 1.82) is 0 Å². The second-order valence-electron chi connectivity index (χ2n) is 7.28. The molecule has 0 fully saturated rings. The van der Waals surface area contributed by atoms with E-state index in [-0.39, 0.29) is 11.9 Å². The van der Waals surface area contributed by atoms with Crippen LogP contribution in [0, 0.1) is 0 Å². The quantitative estimate of drug-likeness (QED) is 0.658. The van der Waals surface area contributed by atoms with Crippen molar-refractivity contribution in [2.75, 3.05) is 5.32 Å². The molecule has 2 aromatic carbocycles. The highest BCUT2D eigenvalue weighted by atomic mass is 19.4. The third kappa shape index (κ3) is 5.42. The first kappa shape index (κ1) is 22.8. The number of allylic oxidation sites excluding steroid dienone is 2. The van der Waals surface area contributed by atoms with Crippen molar-refractivity contribution in [2.24, 2.45) is 9.98 Å². The maximum atomic E-state index is 13.1. The van der Waals surface area contributed by atoms with Gasteiger partial charge in [0.2, 0.25) is 11.9 Å². The summed E-state index contributed by atoms with van der Waals surface area (Å²) in [6.45, 7) is 9.13. The Bertz CT molecular complexity index is 1130. The van der Waals surface area contributed by atoms with Crippen LogP contribution in [0.5, 0.6) is 0 Å². The lowest BCUT2D eigenvalue weighted by molar-refractivity contribution is -0.137. The van der Waals surface area contributed by atoms with E-state index in [0.717, 1.165) is 17.7 Å². The van der Waals surface area contributed by atoms with E-state index in [0.29, 0.717) is 28.3 Å². The van der Waals surface area contributed by atoms with Crippen molar-refractivity contribution in [3.63, 3.8) is 0 Å². The molecular formula is C23H22F3N5O. The van der Waals surface area contributed by atoms with Gasteiger partial charge in [-0.15, -0.1) is 0 Å². The number of guanidine groups is 1. The Kier molecular flexibility index (Phi) is 6.47. The summed E-state index contributed by atoms with van der Waals surface area (Å²) < 4.78 is 39.4. The van der Waals surface area contributed by atoms with Crippen LogP contribution in [0.1, 0.15) is 31.9 Å². The van der Waals surface area contributed by atoms with Gasteiger partial charge in [-0.2, -0.15) is 13.2 Å². The van der Waals surface area contributed by atoms with Gasteiger partial charge in [0.25, 0.3) is 0 Å². The topological polar surface area (TPSA) is 69.1 Å². The van der Waals surface area contributed by atoms with Crippen LogP contribution >= 0.6 is 0 Å². The average Bonchev–Trinajstić information content (AvgIpc) is 2.73. The molecule has 0 saturated carbocycles. The molecule has 32 heavy (non-hydrogen) atoms. The minimum atomic E-state index is -4.46. The Balaban J connectivity index is 1.90. The van der Waals surface area contributed by atoms with Crippen LogP contribution in [-0.2, 0) is 11.0 Å². The number of hydrazine groups is 1. The Morgan fingerprint density at radius 1 is 1.12 bits per heavy atom. The summed E-state index contributed by atoms with van der Waals surface area (Å²) in [7, 11) is 0. The van der Waals surface area contributed by atoms with E-state index in [4.69, 9.17) is 0 Å². The van der Waals surface area contributed by atoms with Crippen LogP contribution < -0.4 is 10.7 Å². The van der Waals surface area contributed by atoms with Crippen LogP contribution in [0.3, 0.4) is 0 Å². The molecule has 9 heteroatoms. The summed E-state index contributed by atoms with van der Waals surface area (Å²) >= 11 is 0. The number of rotatable bonds is 4. The molecule has 3 rings (SSSR count). The van der Waals surface area contributed by atoms with Crippen LogP contribution in [0.4, 0.5) is 24.5 Å². The largest absolute Gasteiger partial charge is 0.416 e. The second kappa shape index (κ2) is 9.09. The summed E-state index contributed by atoms with van der Waals surface area (Å²) in [5.41, 5.74) is 5.61. The smallest absolute Gasteiger partial charge is 0.326 e. The normalized spacial score (nSPS) is 14.9. The summed E-state index contributed by atoms with van der Waals surface area (Å²) in [5.74, 6) is 0.0519. The number of alkyl halides is 3. The number of carbonyl (C=O) groups excluding carboxylic acids is 1. The molecule has 0 unspecified atom stereocenters. The number of hydrogen-bond acceptors (Lipinski definition) is 3. The molecule has 0 aromatic heterocycles. The van der Waals surface area contributed by atoms with Gasteiger partial charge in [0, 0.05) is 18.2 Å². The Labute approximate surface area is 183 Å². The first-order valence-corrected chi connectivity index (χ1v) is 9.66. The van der Waals surface area contributed by atoms with E-state index in [2.05, 4.69) is 27.3 Å². The lowest BCUT2D eigenvalue weighted by atomic mass is 10.1. The van der Waals surface area contributed by atoms with Gasteiger partial charge in [-0.3, -0.25) is 15.2 Å². The van der Waals surface area contributed by atoms with E-state index in [1.165, 1.54) is 13.0 Å². The first-order chi connectivity index (χ1) is 15.0. The zero-order valence-electron chi connectivity index (χ0n) is 17.8. The summed E-state index contributed by atoms with van der Waals surface area (Å²) in [6.07, 6.45) is -2.88. The van der Waals surface area contributed by atoms with Crippen molar-refractivity contribution < 1.29 is 18.0 Å². The number of nitrogens with zero attached hydrogens (tertiary/aromatic N) is 3. The maximum absolute atomic E-state index is 13.1. The number of halogens is 3. The standard InChI is InChI=1S/C23H22F3N5O/c1-14(2)21-13-27-22(29-20-10-8-19(9-11-20)28-16(4)32)30-31(21)15(3)17-6-5-7-18(12-17)23(24,25)26/h5-13H,3H2,1-2,4H3,(H,28,32)(H,29,30). The number of anilines is 1. The third-order valence-electron chi connectivity index (χ3n) is 4.49. The fraction of sp³-hybridized carbons (Fsp3) is 0.174. The molecule has 1 aliphatic heterocycles. The first-order valence-electron chi connectivity index (χ1n) is 9.66. The fourth-order valence-corrected chi connectivity index (χ4v) is 2.94. The third-order valence-corrected chi connectivity index (χ3v) is 4.49. The number of benzene rings is 2. The number of nitrogens with one attached hydrogen (secondary N) is 2. The number of hydrogen-bond donors (Lipinski definition) is 2. The fourth-order valence-electron chi connectivity index (χ4n) is 2.94. The van der Waals surface area contributed by atoms with Crippen molar-refractivity contribution in [3.8, 4) is 0 Å². The molecule has 0 aliphatic carbocycles. The lowest BCUT2D eigenvalue weighted by Gasteiger charge is -2.32. The van der Waals surface area contributed by atoms with Gasteiger partial charge in [-0.25, -0.2) is 9.98 Å². The highest BCUT2D eigenvalue weighted by Crippen LogP contribution is 2.32. The molecule has 0 radical (unpaired) electrons. The molecule has 166 valence electrons. The molecule has 2 aromatic rings. The average molecular weight is 441 g/mol. The molecular weight excluding hydrogens is 419 g/mol. The zero-order valence-corrected chi connectivity index (χ0v) is 17.8. The van der Waals surface area contributed by atoms with Gasteiger partial charge >= 0.3 is 6.18 Å². The Morgan fingerprint density at radius 3 is 2.41 bits per heavy atom. The summed E-state index contributed by atoms with van der Waals surface area (Å²) in [4.78, 5) is 19.9. The highest BCUT2D eigenvalue weighted by molar-refractivity contribution is 5.99. The van der Waals surface area contributed by atoms with Gasteiger partial charge in [0.05, 0.1) is 28.9 Å². The van der Waals surface area contributed by atoms with Crippen molar-refractivity contribution in [3.05, 3.63) is 77.5 Å². The monoisotopic (exact) mass is 441 g/mol. The molecule has 1 aliphatic rings. The van der Waals surface area contributed by atoms with Crippen molar-refractivity contribution in [2.45, 2.75) is 26.9 Å². The van der Waals surface area contributed by atoms with Gasteiger partial charge in [-0.1, -0.05) is 18.7 Å². The van der Waals surface area contributed by atoms with E-state index in [9.17, 15) is 18.0 Å². The summed E-state index contributed by atoms with van der Waals surface area (Å²) in [6, 6.07) is 11.8. The predicted octanol–water partition coefficient (Wildman–Crippen LogP) is 5.51. The Morgan fingerprint density at radius 2 is 1.81 bits per heavy atom. The lowest BCUT2D eigenvalue weighted by Crippen LogP contribution is -2.43. The predicted molar refractivity (Wildman–Crippen MR) is 120 cm³/mol. The highest BCUT2D eigenvalue weighted by Gasteiger charge is 2.31. The van der Waals surface area contributed by atoms with Gasteiger partial charge in [0.15, 0.2) is 0 Å². The van der Waals surface area contributed by atoms with Crippen molar-refractivity contribution in [1.82, 2.24) is 10.4 Å². The number of aliphatic imine (C=N–C) groups is 2. The second-order valence-corrected chi connectivity index (χ2v) is 7.28. The van der Waals surface area contributed by atoms with Crippen LogP contribution in [-0.4, -0.2) is 23.1 Å². The zero-order chi connectivity index (χ0) is 23.5. The molecule has 1 amide bonds. The van der Waals surface area contributed by atoms with Crippen LogP contribution in [0.25, 0.3) is 5.70 Å². The van der Waals surface area contributed by atoms with E-state index >= 15 is 0 Å². The van der Waals surface area contributed by atoms with Gasteiger partial charge in [0.1, 0.15) is 0 Å². The van der Waals surface area contributed by atoms with Crippen LogP contribution in [0.15, 0.2) is 76.4 Å². The van der Waals surface area contributed by atoms with E-state index in [1.54, 1.807) is 41.6 Å². The molecule has 1 heterocycles. The number of carbonyl (C=O) groups is 1.